The van der Waals surface area contributed by atoms with E-state index in [1.165, 1.54) is 0 Å². The minimum Gasteiger partial charge on any atom is -0.465 e. The van der Waals surface area contributed by atoms with Gasteiger partial charge in [-0.15, -0.1) is 0 Å². The first-order chi connectivity index (χ1) is 17.1. The van der Waals surface area contributed by atoms with Crippen LogP contribution >= 0.6 is 0 Å². The van der Waals surface area contributed by atoms with Crippen molar-refractivity contribution in [3.8, 4) is 0 Å². The van der Waals surface area contributed by atoms with Crippen LogP contribution in [0, 0.1) is 5.41 Å². The van der Waals surface area contributed by atoms with Crippen LogP contribution < -0.4 is 0 Å². The fourth-order valence-corrected chi connectivity index (χ4v) is 5.19. The number of carbonyl (C=O) groups is 2. The molecule has 5 rings (SSSR count). The fraction of sp³-hybridized carbons (Fsp3) is 0.200. The lowest BCUT2D eigenvalue weighted by Crippen LogP contribution is -2.47. The molecular weight excluding hydrogens is 438 g/mol. The van der Waals surface area contributed by atoms with Crippen LogP contribution in [0.5, 0.6) is 0 Å². The van der Waals surface area contributed by atoms with E-state index in [1.54, 1.807) is 13.8 Å². The van der Waals surface area contributed by atoms with Crippen LogP contribution in [0.15, 0.2) is 91.1 Å². The normalized spacial score (nSPS) is 17.3. The molecule has 1 aliphatic carbocycles. The van der Waals surface area contributed by atoms with Gasteiger partial charge in [0.2, 0.25) is 5.41 Å². The quantitative estimate of drug-likeness (QED) is 0.263. The Morgan fingerprint density at radius 1 is 0.829 bits per heavy atom. The highest BCUT2D eigenvalue weighted by molar-refractivity contribution is 6.18. The summed E-state index contributed by atoms with van der Waals surface area (Å²) in [5.74, 6) is -1.22. The SMILES string of the molecule is CCOC(=O)C1(C(=O)OCC)/C(=C\c2ccccc2)c2ccccc2C1n1ccc2ccccc21. The number of nitrogens with zero attached hydrogens (tertiary/aromatic N) is 1. The summed E-state index contributed by atoms with van der Waals surface area (Å²) in [7, 11) is 0. The zero-order valence-corrected chi connectivity index (χ0v) is 19.8. The second-order valence-corrected chi connectivity index (χ2v) is 8.49. The highest BCUT2D eigenvalue weighted by Crippen LogP contribution is 2.58. The van der Waals surface area contributed by atoms with E-state index >= 15 is 0 Å². The average molecular weight is 466 g/mol. The van der Waals surface area contributed by atoms with Crippen molar-refractivity contribution in [2.45, 2.75) is 19.9 Å². The molecule has 0 radical (unpaired) electrons. The van der Waals surface area contributed by atoms with Crippen LogP contribution in [0.4, 0.5) is 0 Å². The van der Waals surface area contributed by atoms with Crippen LogP contribution in [0.3, 0.4) is 0 Å². The molecule has 0 spiro atoms. The van der Waals surface area contributed by atoms with E-state index < -0.39 is 23.4 Å². The molecule has 176 valence electrons. The number of carbonyl (C=O) groups excluding carboxylic acids is 2. The van der Waals surface area contributed by atoms with E-state index in [9.17, 15) is 9.59 Å². The van der Waals surface area contributed by atoms with Gasteiger partial charge in [-0.3, -0.25) is 9.59 Å². The summed E-state index contributed by atoms with van der Waals surface area (Å²) in [4.78, 5) is 28.0. The topological polar surface area (TPSA) is 57.5 Å². The van der Waals surface area contributed by atoms with E-state index in [0.717, 1.165) is 27.6 Å². The van der Waals surface area contributed by atoms with Crippen molar-refractivity contribution in [2.24, 2.45) is 5.41 Å². The van der Waals surface area contributed by atoms with Gasteiger partial charge in [0.25, 0.3) is 0 Å². The van der Waals surface area contributed by atoms with Gasteiger partial charge < -0.3 is 14.0 Å². The van der Waals surface area contributed by atoms with Crippen molar-refractivity contribution < 1.29 is 19.1 Å². The molecule has 0 amide bonds. The summed E-state index contributed by atoms with van der Waals surface area (Å²) in [5, 5.41) is 1.02. The summed E-state index contributed by atoms with van der Waals surface area (Å²) >= 11 is 0. The molecule has 0 saturated carbocycles. The Balaban J connectivity index is 1.89. The molecule has 1 aliphatic rings. The molecule has 0 saturated heterocycles. The average Bonchev–Trinajstić information content (AvgIpc) is 3.42. The second-order valence-electron chi connectivity index (χ2n) is 8.49. The number of rotatable bonds is 6. The van der Waals surface area contributed by atoms with Crippen LogP contribution in [-0.4, -0.2) is 29.7 Å². The van der Waals surface area contributed by atoms with E-state index in [0.29, 0.717) is 5.57 Å². The molecule has 1 atom stereocenters. The van der Waals surface area contributed by atoms with Crippen LogP contribution in [-0.2, 0) is 19.1 Å². The van der Waals surface area contributed by atoms with Gasteiger partial charge in [-0.05, 0) is 59.7 Å². The van der Waals surface area contributed by atoms with Crippen LogP contribution in [0.25, 0.3) is 22.6 Å². The van der Waals surface area contributed by atoms with Gasteiger partial charge in [0.15, 0.2) is 0 Å². The number of fused-ring (bicyclic) bond motifs is 2. The Morgan fingerprint density at radius 2 is 1.46 bits per heavy atom. The zero-order valence-electron chi connectivity index (χ0n) is 19.8. The van der Waals surface area contributed by atoms with Gasteiger partial charge in [0.05, 0.1) is 19.3 Å². The minimum absolute atomic E-state index is 0.147. The third-order valence-electron chi connectivity index (χ3n) is 6.59. The lowest BCUT2D eigenvalue weighted by molar-refractivity contribution is -0.168. The highest BCUT2D eigenvalue weighted by atomic mass is 16.6. The lowest BCUT2D eigenvalue weighted by Gasteiger charge is -2.34. The second kappa shape index (κ2) is 9.26. The maximum Gasteiger partial charge on any atom is 0.330 e. The predicted molar refractivity (Wildman–Crippen MR) is 137 cm³/mol. The third-order valence-corrected chi connectivity index (χ3v) is 6.59. The monoisotopic (exact) mass is 465 g/mol. The summed E-state index contributed by atoms with van der Waals surface area (Å²) in [6.07, 6.45) is 3.85. The Bertz CT molecular complexity index is 1400. The Morgan fingerprint density at radius 3 is 2.17 bits per heavy atom. The largest absolute Gasteiger partial charge is 0.465 e. The van der Waals surface area contributed by atoms with Gasteiger partial charge >= 0.3 is 11.9 Å². The molecule has 1 heterocycles. The van der Waals surface area contributed by atoms with Crippen molar-refractivity contribution in [3.05, 3.63) is 108 Å². The van der Waals surface area contributed by atoms with Crippen molar-refractivity contribution in [1.82, 2.24) is 4.57 Å². The van der Waals surface area contributed by atoms with Crippen molar-refractivity contribution in [1.29, 1.82) is 0 Å². The zero-order chi connectivity index (χ0) is 24.4. The van der Waals surface area contributed by atoms with E-state index in [-0.39, 0.29) is 13.2 Å². The maximum absolute atomic E-state index is 14.0. The number of esters is 2. The first-order valence-electron chi connectivity index (χ1n) is 11.9. The molecule has 0 N–H and O–H groups in total. The summed E-state index contributed by atoms with van der Waals surface area (Å²) in [6.45, 7) is 3.79. The number of benzene rings is 3. The van der Waals surface area contributed by atoms with E-state index in [1.807, 2.05) is 102 Å². The van der Waals surface area contributed by atoms with Gasteiger partial charge in [-0.25, -0.2) is 0 Å². The highest BCUT2D eigenvalue weighted by Gasteiger charge is 2.63. The number of aromatic nitrogens is 1. The van der Waals surface area contributed by atoms with E-state index in [4.69, 9.17) is 9.47 Å². The predicted octanol–water partition coefficient (Wildman–Crippen LogP) is 5.90. The van der Waals surface area contributed by atoms with Crippen molar-refractivity contribution in [3.63, 3.8) is 0 Å². The Hall–Kier alpha value is -4.12. The Kier molecular flexibility index (Phi) is 6.00. The van der Waals surface area contributed by atoms with Crippen molar-refractivity contribution in [2.75, 3.05) is 13.2 Å². The fourth-order valence-electron chi connectivity index (χ4n) is 5.19. The van der Waals surface area contributed by atoms with E-state index in [2.05, 4.69) is 0 Å². The minimum atomic E-state index is -1.71. The molecule has 1 aromatic heterocycles. The molecule has 4 aromatic rings. The number of hydrogen-bond donors (Lipinski definition) is 0. The van der Waals surface area contributed by atoms with Gasteiger partial charge in [-0.2, -0.15) is 0 Å². The third kappa shape index (κ3) is 3.55. The number of hydrogen-bond acceptors (Lipinski definition) is 4. The molecule has 0 fully saturated rings. The molecule has 0 aliphatic heterocycles. The van der Waals surface area contributed by atoms with Gasteiger partial charge in [0.1, 0.15) is 0 Å². The first kappa shape index (κ1) is 22.7. The van der Waals surface area contributed by atoms with Gasteiger partial charge in [-0.1, -0.05) is 72.8 Å². The van der Waals surface area contributed by atoms with Crippen LogP contribution in [0.2, 0.25) is 0 Å². The molecular formula is C30H27NO4. The molecule has 35 heavy (non-hydrogen) atoms. The van der Waals surface area contributed by atoms with Crippen molar-refractivity contribution >= 4 is 34.5 Å². The number of ether oxygens (including phenoxy) is 2. The smallest absolute Gasteiger partial charge is 0.330 e. The number of para-hydroxylation sites is 1. The summed E-state index contributed by atoms with van der Waals surface area (Å²) in [5.41, 5.74) is 2.38. The molecule has 5 heteroatoms. The van der Waals surface area contributed by atoms with Gasteiger partial charge in [0, 0.05) is 11.7 Å². The molecule has 3 aromatic carbocycles. The Labute approximate surface area is 204 Å². The summed E-state index contributed by atoms with van der Waals surface area (Å²) < 4.78 is 13.3. The molecule has 1 unspecified atom stereocenters. The lowest BCUT2D eigenvalue weighted by atomic mass is 9.76. The first-order valence-corrected chi connectivity index (χ1v) is 11.9. The van der Waals surface area contributed by atoms with Crippen LogP contribution in [0.1, 0.15) is 36.6 Å². The summed E-state index contributed by atoms with van der Waals surface area (Å²) in [6, 6.07) is 26.8. The standard InChI is InChI=1S/C30H27NO4/c1-3-34-28(32)30(29(33)35-4-2)25(20-21-12-6-5-7-13-21)23-15-9-10-16-24(23)27(30)31-19-18-22-14-8-11-17-26(22)31/h5-20,27H,3-4H2,1-2H3/b25-20-. The maximum atomic E-state index is 14.0. The molecule has 5 nitrogen and oxygen atoms in total. The molecule has 0 bridgehead atoms.